The van der Waals surface area contributed by atoms with Crippen LogP contribution >= 0.6 is 11.3 Å². The van der Waals surface area contributed by atoms with Crippen LogP contribution in [0.15, 0.2) is 39.7 Å². The van der Waals surface area contributed by atoms with Gasteiger partial charge in [-0.15, -0.1) is 11.3 Å². The van der Waals surface area contributed by atoms with Gasteiger partial charge in [-0.2, -0.15) is 0 Å². The molecule has 6 nitrogen and oxygen atoms in total. The molecule has 4 rings (SSSR count). The second-order valence-electron chi connectivity index (χ2n) is 7.48. The number of nitrogens with one attached hydrogen (secondary N) is 1. The fourth-order valence-electron chi connectivity index (χ4n) is 3.77. The van der Waals surface area contributed by atoms with E-state index >= 15 is 0 Å². The summed E-state index contributed by atoms with van der Waals surface area (Å²) >= 11 is 1.43. The van der Waals surface area contributed by atoms with E-state index in [4.69, 9.17) is 9.15 Å². The highest BCUT2D eigenvalue weighted by Crippen LogP contribution is 2.38. The Morgan fingerprint density at radius 1 is 1.26 bits per heavy atom. The maximum Gasteiger partial charge on any atom is 0.341 e. The quantitative estimate of drug-likeness (QED) is 0.455. The van der Waals surface area contributed by atoms with Gasteiger partial charge in [0.05, 0.1) is 23.1 Å². The Morgan fingerprint density at radius 2 is 2.06 bits per heavy atom. The summed E-state index contributed by atoms with van der Waals surface area (Å²) in [5.74, 6) is -0.834. The number of aryl methyl sites for hydroxylation is 2. The third-order valence-electron chi connectivity index (χ3n) is 5.26. The van der Waals surface area contributed by atoms with E-state index in [1.165, 1.54) is 29.8 Å². The summed E-state index contributed by atoms with van der Waals surface area (Å²) in [6, 6.07) is 5.39. The standard InChI is InChI=1S/C24H23NO5S/c1-3-29-24(28)21-16-6-4-5-7-19(16)31-23(21)25-20(26)11-9-15-13-30-18-10-8-14(2)12-17(18)22(15)27/h8-13H,3-7H2,1-2H3,(H,25,26)/b11-9+. The summed E-state index contributed by atoms with van der Waals surface area (Å²) in [5, 5.41) is 3.77. The molecule has 160 valence electrons. The second kappa shape index (κ2) is 8.89. The Hall–Kier alpha value is -3.19. The highest BCUT2D eigenvalue weighted by molar-refractivity contribution is 7.17. The van der Waals surface area contributed by atoms with Crippen molar-refractivity contribution >= 4 is 45.3 Å². The van der Waals surface area contributed by atoms with Gasteiger partial charge in [0.2, 0.25) is 5.91 Å². The van der Waals surface area contributed by atoms with Gasteiger partial charge in [-0.25, -0.2) is 4.79 Å². The van der Waals surface area contributed by atoms with Crippen LogP contribution in [0, 0.1) is 6.92 Å². The lowest BCUT2D eigenvalue weighted by atomic mass is 9.95. The van der Waals surface area contributed by atoms with Crippen molar-refractivity contribution in [3.05, 3.63) is 67.9 Å². The summed E-state index contributed by atoms with van der Waals surface area (Å²) in [4.78, 5) is 38.9. The van der Waals surface area contributed by atoms with Crippen LogP contribution < -0.4 is 10.7 Å². The first-order chi connectivity index (χ1) is 15.0. The number of amides is 1. The molecule has 0 spiro atoms. The average Bonchev–Trinajstić information content (AvgIpc) is 3.11. The molecule has 0 aliphatic heterocycles. The lowest BCUT2D eigenvalue weighted by Gasteiger charge is -2.12. The minimum absolute atomic E-state index is 0.201. The Bertz CT molecular complexity index is 1250. The van der Waals surface area contributed by atoms with Crippen LogP contribution in [0.3, 0.4) is 0 Å². The van der Waals surface area contributed by atoms with E-state index in [2.05, 4.69) is 5.32 Å². The van der Waals surface area contributed by atoms with Crippen LogP contribution in [0.25, 0.3) is 17.0 Å². The van der Waals surface area contributed by atoms with Crippen molar-refractivity contribution in [2.45, 2.75) is 39.5 Å². The number of rotatable bonds is 5. The Morgan fingerprint density at radius 3 is 2.87 bits per heavy atom. The highest BCUT2D eigenvalue weighted by atomic mass is 32.1. The fraction of sp³-hybridized carbons (Fsp3) is 0.292. The SMILES string of the molecule is CCOC(=O)c1c(NC(=O)/C=C/c2coc3ccc(C)cc3c2=O)sc2c1CCCC2. The van der Waals surface area contributed by atoms with Crippen molar-refractivity contribution < 1.29 is 18.7 Å². The zero-order valence-corrected chi connectivity index (χ0v) is 18.3. The number of esters is 1. The summed E-state index contributed by atoms with van der Waals surface area (Å²) in [7, 11) is 0. The van der Waals surface area contributed by atoms with E-state index in [0.717, 1.165) is 41.7 Å². The average molecular weight is 438 g/mol. The predicted molar refractivity (Wildman–Crippen MR) is 122 cm³/mol. The molecule has 2 heterocycles. The predicted octanol–water partition coefficient (Wildman–Crippen LogP) is 4.87. The molecule has 0 saturated carbocycles. The first-order valence-corrected chi connectivity index (χ1v) is 11.1. The van der Waals surface area contributed by atoms with Gasteiger partial charge < -0.3 is 14.5 Å². The summed E-state index contributed by atoms with van der Waals surface area (Å²) in [5.41, 5.74) is 2.98. The summed E-state index contributed by atoms with van der Waals surface area (Å²) in [6.07, 6.45) is 7.85. The monoisotopic (exact) mass is 437 g/mol. The van der Waals surface area contributed by atoms with Crippen molar-refractivity contribution in [1.29, 1.82) is 0 Å². The minimum Gasteiger partial charge on any atom is -0.463 e. The van der Waals surface area contributed by atoms with Crippen molar-refractivity contribution in [2.24, 2.45) is 0 Å². The van der Waals surface area contributed by atoms with E-state index in [1.54, 1.807) is 19.1 Å². The minimum atomic E-state index is -0.423. The third-order valence-corrected chi connectivity index (χ3v) is 6.46. The van der Waals surface area contributed by atoms with E-state index < -0.39 is 11.9 Å². The van der Waals surface area contributed by atoms with Gasteiger partial charge in [0, 0.05) is 11.0 Å². The molecule has 0 fully saturated rings. The molecular formula is C24H23NO5S. The largest absolute Gasteiger partial charge is 0.463 e. The van der Waals surface area contributed by atoms with Crippen molar-refractivity contribution in [3.63, 3.8) is 0 Å². The molecule has 1 aliphatic rings. The number of hydrogen-bond donors (Lipinski definition) is 1. The van der Waals surface area contributed by atoms with Crippen molar-refractivity contribution in [1.82, 2.24) is 0 Å². The molecule has 0 radical (unpaired) electrons. The number of carbonyl (C=O) groups is 2. The number of anilines is 1. The first kappa shape index (κ1) is 21.1. The maximum absolute atomic E-state index is 12.7. The Balaban J connectivity index is 1.59. The van der Waals surface area contributed by atoms with Crippen LogP contribution in [-0.2, 0) is 22.4 Å². The molecule has 7 heteroatoms. The summed E-state index contributed by atoms with van der Waals surface area (Å²) in [6.45, 7) is 3.93. The van der Waals surface area contributed by atoms with Gasteiger partial charge in [-0.3, -0.25) is 9.59 Å². The van der Waals surface area contributed by atoms with Gasteiger partial charge in [0.15, 0.2) is 5.43 Å². The number of thiophene rings is 1. The molecule has 1 N–H and O–H groups in total. The number of hydrogen-bond acceptors (Lipinski definition) is 6. The van der Waals surface area contributed by atoms with Gasteiger partial charge >= 0.3 is 5.97 Å². The zero-order valence-electron chi connectivity index (χ0n) is 17.4. The van der Waals surface area contributed by atoms with E-state index in [9.17, 15) is 14.4 Å². The smallest absolute Gasteiger partial charge is 0.341 e. The van der Waals surface area contributed by atoms with Gasteiger partial charge in [-0.05, 0) is 63.3 Å². The van der Waals surface area contributed by atoms with Crippen molar-refractivity contribution in [2.75, 3.05) is 11.9 Å². The summed E-state index contributed by atoms with van der Waals surface area (Å²) < 4.78 is 10.7. The van der Waals surface area contributed by atoms with E-state index in [1.807, 2.05) is 13.0 Å². The topological polar surface area (TPSA) is 85.6 Å². The third kappa shape index (κ3) is 4.32. The molecule has 0 saturated heterocycles. The molecule has 0 atom stereocenters. The van der Waals surface area contributed by atoms with E-state index in [-0.39, 0.29) is 17.6 Å². The van der Waals surface area contributed by atoms with Crippen LogP contribution in [0.5, 0.6) is 0 Å². The van der Waals surface area contributed by atoms with E-state index in [0.29, 0.717) is 21.5 Å². The molecule has 0 unspecified atom stereocenters. The highest BCUT2D eigenvalue weighted by Gasteiger charge is 2.26. The number of fused-ring (bicyclic) bond motifs is 2. The molecule has 31 heavy (non-hydrogen) atoms. The molecule has 1 aromatic carbocycles. The Kier molecular flexibility index (Phi) is 6.04. The van der Waals surface area contributed by atoms with Crippen LogP contribution in [0.1, 0.15) is 51.7 Å². The van der Waals surface area contributed by atoms with Crippen LogP contribution in [-0.4, -0.2) is 18.5 Å². The number of benzene rings is 1. The van der Waals surface area contributed by atoms with Crippen LogP contribution in [0.2, 0.25) is 0 Å². The van der Waals surface area contributed by atoms with Gasteiger partial charge in [0.1, 0.15) is 16.8 Å². The second-order valence-corrected chi connectivity index (χ2v) is 8.58. The van der Waals surface area contributed by atoms with Gasteiger partial charge in [0.25, 0.3) is 0 Å². The first-order valence-electron chi connectivity index (χ1n) is 10.3. The molecule has 1 amide bonds. The maximum atomic E-state index is 12.7. The zero-order chi connectivity index (χ0) is 22.0. The molecule has 1 aliphatic carbocycles. The van der Waals surface area contributed by atoms with Crippen molar-refractivity contribution in [3.8, 4) is 0 Å². The molecular weight excluding hydrogens is 414 g/mol. The van der Waals surface area contributed by atoms with Crippen LogP contribution in [0.4, 0.5) is 5.00 Å². The molecule has 2 aromatic heterocycles. The fourth-order valence-corrected chi connectivity index (χ4v) is 5.05. The lowest BCUT2D eigenvalue weighted by molar-refractivity contribution is -0.111. The Labute approximate surface area is 183 Å². The number of carbonyl (C=O) groups excluding carboxylic acids is 2. The lowest BCUT2D eigenvalue weighted by Crippen LogP contribution is -2.14. The van der Waals surface area contributed by atoms with Gasteiger partial charge in [-0.1, -0.05) is 11.6 Å². The normalized spacial score (nSPS) is 13.4. The molecule has 3 aromatic rings. The number of ether oxygens (including phenoxy) is 1. The molecule has 0 bridgehead atoms.